The van der Waals surface area contributed by atoms with E-state index in [2.05, 4.69) is 0 Å². The highest BCUT2D eigenvalue weighted by molar-refractivity contribution is 5.23. The lowest BCUT2D eigenvalue weighted by molar-refractivity contribution is 0.221. The van der Waals surface area contributed by atoms with Crippen LogP contribution < -0.4 is 4.74 Å². The number of rotatable bonds is 4. The average molecular weight is 222 g/mol. The molecule has 0 bridgehead atoms. The van der Waals surface area contributed by atoms with E-state index in [4.69, 9.17) is 14.3 Å². The molecule has 0 amide bonds. The van der Waals surface area contributed by atoms with Gasteiger partial charge in [-0.1, -0.05) is 12.1 Å². The third-order valence-electron chi connectivity index (χ3n) is 2.08. The average Bonchev–Trinajstić information content (AvgIpc) is 2.76. The summed E-state index contributed by atoms with van der Waals surface area (Å²) in [4.78, 5) is 0. The zero-order valence-corrected chi connectivity index (χ0v) is 8.52. The quantitative estimate of drug-likeness (QED) is 0.864. The van der Waals surface area contributed by atoms with Gasteiger partial charge in [-0.2, -0.15) is 0 Å². The highest BCUT2D eigenvalue weighted by Crippen LogP contribution is 2.17. The van der Waals surface area contributed by atoms with E-state index in [1.54, 1.807) is 30.3 Å². The zero-order valence-electron chi connectivity index (χ0n) is 8.52. The van der Waals surface area contributed by atoms with Crippen molar-refractivity contribution in [1.29, 1.82) is 0 Å². The molecule has 1 aromatic carbocycles. The lowest BCUT2D eigenvalue weighted by atomic mass is 10.3. The van der Waals surface area contributed by atoms with Crippen molar-refractivity contribution in [2.45, 2.75) is 13.2 Å². The molecule has 0 fully saturated rings. The van der Waals surface area contributed by atoms with Gasteiger partial charge < -0.3 is 14.3 Å². The van der Waals surface area contributed by atoms with Crippen LogP contribution >= 0.6 is 0 Å². The van der Waals surface area contributed by atoms with E-state index >= 15 is 0 Å². The Balaban J connectivity index is 1.99. The van der Waals surface area contributed by atoms with E-state index in [1.165, 1.54) is 6.07 Å². The molecule has 0 aliphatic heterocycles. The molecule has 0 spiro atoms. The first-order valence-corrected chi connectivity index (χ1v) is 4.85. The number of para-hydroxylation sites is 1. The van der Waals surface area contributed by atoms with Gasteiger partial charge in [0.1, 0.15) is 24.7 Å². The van der Waals surface area contributed by atoms with Crippen LogP contribution in [0.5, 0.6) is 5.75 Å². The maximum atomic E-state index is 13.2. The molecule has 3 nitrogen and oxygen atoms in total. The van der Waals surface area contributed by atoms with Crippen LogP contribution in [0.15, 0.2) is 40.8 Å². The minimum Gasteiger partial charge on any atom is -0.483 e. The van der Waals surface area contributed by atoms with Crippen molar-refractivity contribution < 1.29 is 18.7 Å². The summed E-state index contributed by atoms with van der Waals surface area (Å²) in [7, 11) is 0. The second-order valence-electron chi connectivity index (χ2n) is 3.25. The Labute approximate surface area is 92.1 Å². The summed E-state index contributed by atoms with van der Waals surface area (Å²) in [6, 6.07) is 9.51. The molecular weight excluding hydrogens is 211 g/mol. The summed E-state index contributed by atoms with van der Waals surface area (Å²) in [5.41, 5.74) is 0. The Morgan fingerprint density at radius 2 is 1.88 bits per heavy atom. The van der Waals surface area contributed by atoms with Gasteiger partial charge in [0.15, 0.2) is 11.6 Å². The maximum Gasteiger partial charge on any atom is 0.165 e. The molecule has 0 radical (unpaired) electrons. The topological polar surface area (TPSA) is 42.6 Å². The Bertz CT molecular complexity index is 465. The number of halogens is 1. The van der Waals surface area contributed by atoms with Crippen molar-refractivity contribution in [3.8, 4) is 5.75 Å². The fourth-order valence-electron chi connectivity index (χ4n) is 1.30. The van der Waals surface area contributed by atoms with E-state index in [0.717, 1.165) is 0 Å². The Kier molecular flexibility index (Phi) is 3.22. The molecule has 0 aliphatic carbocycles. The molecule has 2 rings (SSSR count). The smallest absolute Gasteiger partial charge is 0.165 e. The number of furan rings is 1. The lowest BCUT2D eigenvalue weighted by Crippen LogP contribution is -1.95. The van der Waals surface area contributed by atoms with Gasteiger partial charge in [0, 0.05) is 0 Å². The van der Waals surface area contributed by atoms with Crippen LogP contribution in [0.2, 0.25) is 0 Å². The first-order valence-electron chi connectivity index (χ1n) is 4.85. The largest absolute Gasteiger partial charge is 0.483 e. The third-order valence-corrected chi connectivity index (χ3v) is 2.08. The second kappa shape index (κ2) is 4.81. The van der Waals surface area contributed by atoms with E-state index < -0.39 is 5.82 Å². The van der Waals surface area contributed by atoms with E-state index in [9.17, 15) is 4.39 Å². The molecule has 0 atom stereocenters. The summed E-state index contributed by atoms with van der Waals surface area (Å²) in [5, 5.41) is 8.79. The molecule has 4 heteroatoms. The summed E-state index contributed by atoms with van der Waals surface area (Å²) in [6.07, 6.45) is 0. The van der Waals surface area contributed by atoms with Crippen molar-refractivity contribution in [2.75, 3.05) is 0 Å². The first kappa shape index (κ1) is 10.7. The van der Waals surface area contributed by atoms with Crippen molar-refractivity contribution in [1.82, 2.24) is 0 Å². The Morgan fingerprint density at radius 1 is 1.12 bits per heavy atom. The maximum absolute atomic E-state index is 13.2. The summed E-state index contributed by atoms with van der Waals surface area (Å²) in [5.74, 6) is 0.792. The van der Waals surface area contributed by atoms with Crippen LogP contribution in [-0.2, 0) is 13.2 Å². The molecule has 84 valence electrons. The van der Waals surface area contributed by atoms with Gasteiger partial charge in [-0.25, -0.2) is 4.39 Å². The molecule has 1 heterocycles. The summed E-state index contributed by atoms with van der Waals surface area (Å²) >= 11 is 0. The number of benzene rings is 1. The van der Waals surface area contributed by atoms with Crippen LogP contribution in [-0.4, -0.2) is 5.11 Å². The fraction of sp³-hybridized carbons (Fsp3) is 0.167. The molecular formula is C12H11FO3. The van der Waals surface area contributed by atoms with Gasteiger partial charge in [0.05, 0.1) is 0 Å². The molecule has 2 aromatic rings. The minimum atomic E-state index is -0.406. The molecule has 16 heavy (non-hydrogen) atoms. The normalized spacial score (nSPS) is 10.4. The molecule has 1 aromatic heterocycles. The van der Waals surface area contributed by atoms with Crippen molar-refractivity contribution >= 4 is 0 Å². The van der Waals surface area contributed by atoms with Crippen molar-refractivity contribution in [2.24, 2.45) is 0 Å². The summed E-state index contributed by atoms with van der Waals surface area (Å²) in [6.45, 7) is -0.0133. The van der Waals surface area contributed by atoms with E-state index in [1.807, 2.05) is 0 Å². The molecule has 0 saturated heterocycles. The predicted octanol–water partition coefficient (Wildman–Crippen LogP) is 2.49. The van der Waals surface area contributed by atoms with Crippen LogP contribution in [0.3, 0.4) is 0 Å². The van der Waals surface area contributed by atoms with Crippen LogP contribution in [0.4, 0.5) is 4.39 Å². The number of hydrogen-bond donors (Lipinski definition) is 1. The predicted molar refractivity (Wildman–Crippen MR) is 55.4 cm³/mol. The van der Waals surface area contributed by atoms with Crippen LogP contribution in [0.1, 0.15) is 11.5 Å². The number of aliphatic hydroxyl groups is 1. The van der Waals surface area contributed by atoms with Gasteiger partial charge in [0.25, 0.3) is 0 Å². The summed E-state index contributed by atoms with van der Waals surface area (Å²) < 4.78 is 23.6. The lowest BCUT2D eigenvalue weighted by Gasteiger charge is -2.04. The monoisotopic (exact) mass is 222 g/mol. The third kappa shape index (κ3) is 2.41. The molecule has 0 saturated carbocycles. The van der Waals surface area contributed by atoms with Gasteiger partial charge in [-0.15, -0.1) is 0 Å². The molecule has 0 aliphatic rings. The van der Waals surface area contributed by atoms with Crippen LogP contribution in [0, 0.1) is 5.82 Å². The number of ether oxygens (including phenoxy) is 1. The van der Waals surface area contributed by atoms with Gasteiger partial charge in [-0.3, -0.25) is 0 Å². The SMILES string of the molecule is OCc1ccc(COc2ccccc2F)o1. The van der Waals surface area contributed by atoms with E-state index in [-0.39, 0.29) is 19.0 Å². The van der Waals surface area contributed by atoms with Crippen molar-refractivity contribution in [3.05, 3.63) is 53.7 Å². The number of hydrogen-bond acceptors (Lipinski definition) is 3. The highest BCUT2D eigenvalue weighted by Gasteiger charge is 2.04. The van der Waals surface area contributed by atoms with Gasteiger partial charge in [0.2, 0.25) is 0 Å². The standard InChI is InChI=1S/C12H11FO3/c13-11-3-1-2-4-12(11)15-8-10-6-5-9(7-14)16-10/h1-6,14H,7-8H2. The van der Waals surface area contributed by atoms with Gasteiger partial charge >= 0.3 is 0 Å². The highest BCUT2D eigenvalue weighted by atomic mass is 19.1. The molecule has 1 N–H and O–H groups in total. The van der Waals surface area contributed by atoms with Gasteiger partial charge in [-0.05, 0) is 24.3 Å². The molecule has 0 unspecified atom stereocenters. The zero-order chi connectivity index (χ0) is 11.4. The number of aliphatic hydroxyl groups excluding tert-OH is 1. The Morgan fingerprint density at radius 3 is 2.56 bits per heavy atom. The Hall–Kier alpha value is -1.81. The fourth-order valence-corrected chi connectivity index (χ4v) is 1.30. The van der Waals surface area contributed by atoms with Crippen molar-refractivity contribution in [3.63, 3.8) is 0 Å². The van der Waals surface area contributed by atoms with Crippen LogP contribution in [0.25, 0.3) is 0 Å². The second-order valence-corrected chi connectivity index (χ2v) is 3.25. The first-order chi connectivity index (χ1) is 7.79. The minimum absolute atomic E-state index is 0.140. The van der Waals surface area contributed by atoms with E-state index in [0.29, 0.717) is 11.5 Å².